The van der Waals surface area contributed by atoms with Crippen LogP contribution in [0.15, 0.2) is 24.3 Å². The molecule has 0 radical (unpaired) electrons. The molecular weight excluding hydrogens is 571 g/mol. The number of hydrogen-bond acceptors (Lipinski definition) is 6. The number of alkyl carbamates (subject to hydrolysis) is 1. The van der Waals surface area contributed by atoms with E-state index in [1.165, 1.54) is 11.9 Å². The number of likely N-dealkylation sites (tertiary alicyclic amines) is 1. The zero-order valence-electron chi connectivity index (χ0n) is 24.2. The molecule has 0 saturated carbocycles. The minimum Gasteiger partial charge on any atom is -0.444 e. The highest BCUT2D eigenvalue weighted by atomic mass is 35.5. The van der Waals surface area contributed by atoms with Crippen molar-refractivity contribution >= 4 is 52.8 Å². The Morgan fingerprint density at radius 1 is 1.02 bits per heavy atom. The zero-order chi connectivity index (χ0) is 30.5. The van der Waals surface area contributed by atoms with E-state index >= 15 is 0 Å². The van der Waals surface area contributed by atoms with Crippen molar-refractivity contribution in [2.45, 2.75) is 88.4 Å². The van der Waals surface area contributed by atoms with Gasteiger partial charge in [-0.1, -0.05) is 37.6 Å². The van der Waals surface area contributed by atoms with E-state index in [1.807, 2.05) is 31.2 Å². The normalized spacial score (nSPS) is 20.2. The Balaban J connectivity index is 1.90. The molecule has 4 amide bonds. The van der Waals surface area contributed by atoms with Crippen LogP contribution in [0.5, 0.6) is 0 Å². The molecule has 1 aliphatic carbocycles. The third-order valence-electron chi connectivity index (χ3n) is 7.43. The van der Waals surface area contributed by atoms with Crippen LogP contribution in [0, 0.1) is 11.8 Å². The van der Waals surface area contributed by atoms with E-state index in [9.17, 15) is 24.0 Å². The number of carbonyl (C=O) groups excluding carboxylic acids is 5. The summed E-state index contributed by atoms with van der Waals surface area (Å²) in [7, 11) is 1.34. The first kappa shape index (κ1) is 32.7. The van der Waals surface area contributed by atoms with Crippen LogP contribution in [-0.4, -0.2) is 76.7 Å². The fraction of sp³-hybridized carbons (Fsp3) is 0.621. The van der Waals surface area contributed by atoms with Crippen molar-refractivity contribution in [1.29, 1.82) is 0 Å². The number of ether oxygens (including phenoxy) is 1. The molecule has 4 atom stereocenters. The van der Waals surface area contributed by atoms with E-state index in [-0.39, 0.29) is 25.3 Å². The molecule has 0 spiro atoms. The van der Waals surface area contributed by atoms with E-state index in [1.54, 1.807) is 20.8 Å². The number of carbonyl (C=O) groups is 5. The second-order valence-electron chi connectivity index (χ2n) is 11.7. The second kappa shape index (κ2) is 13.9. The number of nitrogens with one attached hydrogen (secondary N) is 3. The molecule has 1 heterocycles. The van der Waals surface area contributed by atoms with Crippen LogP contribution in [0.1, 0.15) is 58.1 Å². The summed E-state index contributed by atoms with van der Waals surface area (Å²) >= 11 is 12.4. The lowest BCUT2D eigenvalue weighted by molar-refractivity contribution is -0.143. The quantitative estimate of drug-likeness (QED) is 0.275. The molecule has 1 aromatic rings. The van der Waals surface area contributed by atoms with Crippen LogP contribution in [0.25, 0.3) is 0 Å². The average molecular weight is 612 g/mol. The van der Waals surface area contributed by atoms with Gasteiger partial charge in [0.15, 0.2) is 0 Å². The largest absolute Gasteiger partial charge is 0.444 e. The van der Waals surface area contributed by atoms with Gasteiger partial charge in [-0.2, -0.15) is 0 Å². The van der Waals surface area contributed by atoms with E-state index in [0.717, 1.165) is 11.1 Å². The standard InChI is InChI=1S/C29H40Cl2N4O6/c1-6-9-20(23(36)26(38)32-5)33-25(37)21-14-19(24(30)31)15-35(21)27(39)22(34-28(40)41-29(2,3)4)18-12-16-10-7-8-11-17(16)13-18/h7-8,10-11,18-22,24H,6,9,12-15H2,1-5H3,(H,32,38)(H,33,37)(H,34,40)/t19-,20?,21+,22+/m1/s1. The van der Waals surface area contributed by atoms with Crippen LogP contribution >= 0.6 is 23.2 Å². The Bertz CT molecular complexity index is 1130. The van der Waals surface area contributed by atoms with Crippen LogP contribution in [-0.2, 0) is 36.8 Å². The number of rotatable bonds is 10. The van der Waals surface area contributed by atoms with Gasteiger partial charge < -0.3 is 25.6 Å². The van der Waals surface area contributed by atoms with Gasteiger partial charge in [0, 0.05) is 19.5 Å². The topological polar surface area (TPSA) is 134 Å². The van der Waals surface area contributed by atoms with Gasteiger partial charge >= 0.3 is 6.09 Å². The molecule has 1 saturated heterocycles. The highest BCUT2D eigenvalue weighted by Crippen LogP contribution is 2.34. The lowest BCUT2D eigenvalue weighted by Crippen LogP contribution is -2.58. The second-order valence-corrected chi connectivity index (χ2v) is 12.9. The monoisotopic (exact) mass is 610 g/mol. The van der Waals surface area contributed by atoms with Gasteiger partial charge in [0.1, 0.15) is 22.5 Å². The molecule has 2 aliphatic rings. The summed E-state index contributed by atoms with van der Waals surface area (Å²) in [6.07, 6.45) is 1.33. The van der Waals surface area contributed by atoms with Crippen LogP contribution in [0.3, 0.4) is 0 Å². The number of nitrogens with zero attached hydrogens (tertiary/aromatic N) is 1. The summed E-state index contributed by atoms with van der Waals surface area (Å²) in [4.78, 5) is 65.9. The number of benzene rings is 1. The van der Waals surface area contributed by atoms with Gasteiger partial charge in [0.05, 0.1) is 6.04 Å². The van der Waals surface area contributed by atoms with Crippen molar-refractivity contribution in [3.05, 3.63) is 35.4 Å². The predicted octanol–water partition coefficient (Wildman–Crippen LogP) is 2.92. The maximum absolute atomic E-state index is 14.2. The van der Waals surface area contributed by atoms with Crippen LogP contribution in [0.2, 0.25) is 0 Å². The fourth-order valence-corrected chi connectivity index (χ4v) is 5.84. The minimum absolute atomic E-state index is 0.0859. The molecule has 41 heavy (non-hydrogen) atoms. The van der Waals surface area contributed by atoms with E-state index in [0.29, 0.717) is 19.3 Å². The SMILES string of the molecule is CCCC(NC(=O)[C@@H]1C[C@@H](C(Cl)Cl)CN1C(=O)[C@@H](NC(=O)OC(C)(C)C)C1Cc2ccccc2C1)C(=O)C(=O)NC. The predicted molar refractivity (Wildman–Crippen MR) is 156 cm³/mol. The Morgan fingerprint density at radius 3 is 2.15 bits per heavy atom. The molecule has 226 valence electrons. The number of likely N-dealkylation sites (N-methyl/N-ethyl adjacent to an activating group) is 1. The third-order valence-corrected chi connectivity index (χ3v) is 8.14. The first-order valence-electron chi connectivity index (χ1n) is 14.0. The molecule has 1 unspecified atom stereocenters. The van der Waals surface area contributed by atoms with Gasteiger partial charge in [0.2, 0.25) is 17.6 Å². The van der Waals surface area contributed by atoms with Gasteiger partial charge in [-0.15, -0.1) is 23.2 Å². The highest BCUT2D eigenvalue weighted by molar-refractivity contribution is 6.44. The summed E-state index contributed by atoms with van der Waals surface area (Å²) in [5.74, 6) is -3.33. The fourth-order valence-electron chi connectivity index (χ4n) is 5.47. The van der Waals surface area contributed by atoms with Crippen molar-refractivity contribution in [2.75, 3.05) is 13.6 Å². The summed E-state index contributed by atoms with van der Waals surface area (Å²) in [6, 6.07) is 4.80. The molecule has 1 aromatic carbocycles. The number of Topliss-reactive ketones (excluding diaryl/α,β-unsaturated/α-hetero) is 1. The van der Waals surface area contributed by atoms with Gasteiger partial charge in [-0.05, 0) is 63.5 Å². The van der Waals surface area contributed by atoms with Crippen molar-refractivity contribution in [3.8, 4) is 0 Å². The van der Waals surface area contributed by atoms with Gasteiger partial charge in [-0.25, -0.2) is 4.79 Å². The van der Waals surface area contributed by atoms with Crippen LogP contribution < -0.4 is 16.0 Å². The zero-order valence-corrected chi connectivity index (χ0v) is 25.7. The summed E-state index contributed by atoms with van der Waals surface area (Å²) in [6.45, 7) is 7.11. The molecule has 12 heteroatoms. The Hall–Kier alpha value is -2.85. The third kappa shape index (κ3) is 8.35. The summed E-state index contributed by atoms with van der Waals surface area (Å²) < 4.78 is 5.47. The summed E-state index contributed by atoms with van der Waals surface area (Å²) in [5, 5.41) is 7.74. The van der Waals surface area contributed by atoms with Crippen molar-refractivity contribution in [1.82, 2.24) is 20.9 Å². The molecule has 0 aromatic heterocycles. The lowest BCUT2D eigenvalue weighted by atomic mass is 9.95. The number of ketones is 1. The number of hydrogen-bond donors (Lipinski definition) is 3. The number of alkyl halides is 2. The van der Waals surface area contributed by atoms with Gasteiger partial charge in [0.25, 0.3) is 5.91 Å². The van der Waals surface area contributed by atoms with Crippen molar-refractivity contribution in [2.24, 2.45) is 11.8 Å². The number of amides is 4. The first-order valence-corrected chi connectivity index (χ1v) is 14.8. The van der Waals surface area contributed by atoms with Crippen molar-refractivity contribution in [3.63, 3.8) is 0 Å². The Kier molecular flexibility index (Phi) is 11.1. The molecule has 3 rings (SSSR count). The van der Waals surface area contributed by atoms with Gasteiger partial charge in [-0.3, -0.25) is 19.2 Å². The molecule has 3 N–H and O–H groups in total. The van der Waals surface area contributed by atoms with E-state index < -0.39 is 64.1 Å². The maximum Gasteiger partial charge on any atom is 0.408 e. The minimum atomic E-state index is -1.05. The first-order chi connectivity index (χ1) is 19.2. The van der Waals surface area contributed by atoms with E-state index in [4.69, 9.17) is 27.9 Å². The van der Waals surface area contributed by atoms with Crippen LogP contribution in [0.4, 0.5) is 4.79 Å². The Labute approximate surface area is 251 Å². The molecule has 10 nitrogen and oxygen atoms in total. The Morgan fingerprint density at radius 2 is 1.63 bits per heavy atom. The molecule has 1 fully saturated rings. The smallest absolute Gasteiger partial charge is 0.408 e. The molecular formula is C29H40Cl2N4O6. The average Bonchev–Trinajstić information content (AvgIpc) is 3.54. The van der Waals surface area contributed by atoms with Crippen molar-refractivity contribution < 1.29 is 28.7 Å². The highest BCUT2D eigenvalue weighted by Gasteiger charge is 2.47. The maximum atomic E-state index is 14.2. The number of fused-ring (bicyclic) bond motifs is 1. The molecule has 1 aliphatic heterocycles. The summed E-state index contributed by atoms with van der Waals surface area (Å²) in [5.41, 5.74) is 1.39. The van der Waals surface area contributed by atoms with E-state index in [2.05, 4.69) is 16.0 Å². The lowest BCUT2D eigenvalue weighted by Gasteiger charge is -2.32. The number of halogens is 2. The molecule has 0 bridgehead atoms.